The van der Waals surface area contributed by atoms with Gasteiger partial charge in [-0.15, -0.1) is 0 Å². The minimum absolute atomic E-state index is 0.0358. The molecule has 1 saturated heterocycles. The summed E-state index contributed by atoms with van der Waals surface area (Å²) in [4.78, 5) is 10.4. The SMILES string of the molecule is COc1c(C2CCCN2)cccc1[N+](=O)[O-]. The van der Waals surface area contributed by atoms with Crippen LogP contribution < -0.4 is 10.1 Å². The van der Waals surface area contributed by atoms with Crippen molar-refractivity contribution in [3.8, 4) is 5.75 Å². The summed E-state index contributed by atoms with van der Waals surface area (Å²) in [6.07, 6.45) is 2.09. The Labute approximate surface area is 93.6 Å². The second kappa shape index (κ2) is 4.49. The zero-order valence-corrected chi connectivity index (χ0v) is 9.10. The lowest BCUT2D eigenvalue weighted by Gasteiger charge is -2.14. The molecule has 0 saturated carbocycles. The molecule has 0 aliphatic carbocycles. The van der Waals surface area contributed by atoms with E-state index in [1.807, 2.05) is 6.07 Å². The van der Waals surface area contributed by atoms with E-state index in [4.69, 9.17) is 4.74 Å². The van der Waals surface area contributed by atoms with Gasteiger partial charge in [-0.05, 0) is 19.4 Å². The summed E-state index contributed by atoms with van der Waals surface area (Å²) in [5.74, 6) is 0.381. The normalized spacial score (nSPS) is 19.7. The maximum atomic E-state index is 10.9. The van der Waals surface area contributed by atoms with Crippen molar-refractivity contribution in [3.05, 3.63) is 33.9 Å². The first-order chi connectivity index (χ1) is 7.74. The van der Waals surface area contributed by atoms with E-state index in [9.17, 15) is 10.1 Å². The maximum absolute atomic E-state index is 10.9. The number of hydrogen-bond donors (Lipinski definition) is 1. The highest BCUT2D eigenvalue weighted by Gasteiger charge is 2.25. The highest BCUT2D eigenvalue weighted by Crippen LogP contribution is 2.37. The summed E-state index contributed by atoms with van der Waals surface area (Å²) in [7, 11) is 1.47. The first kappa shape index (κ1) is 10.9. The Hall–Kier alpha value is -1.62. The van der Waals surface area contributed by atoms with E-state index in [0.29, 0.717) is 5.75 Å². The molecule has 1 unspecified atom stereocenters. The third-order valence-corrected chi connectivity index (χ3v) is 2.86. The molecule has 0 radical (unpaired) electrons. The summed E-state index contributed by atoms with van der Waals surface area (Å²) in [5, 5.41) is 14.2. The molecule has 2 rings (SSSR count). The number of methoxy groups -OCH3 is 1. The predicted molar refractivity (Wildman–Crippen MR) is 59.6 cm³/mol. The smallest absolute Gasteiger partial charge is 0.311 e. The Morgan fingerprint density at radius 2 is 2.38 bits per heavy atom. The molecular weight excluding hydrogens is 208 g/mol. The Morgan fingerprint density at radius 1 is 1.56 bits per heavy atom. The van der Waals surface area contributed by atoms with Crippen LogP contribution in [0.2, 0.25) is 0 Å². The second-order valence-electron chi connectivity index (χ2n) is 3.81. The molecule has 5 nitrogen and oxygen atoms in total. The van der Waals surface area contributed by atoms with Crippen LogP contribution in [0, 0.1) is 10.1 Å². The van der Waals surface area contributed by atoms with Gasteiger partial charge in [-0.1, -0.05) is 12.1 Å². The van der Waals surface area contributed by atoms with E-state index in [1.165, 1.54) is 13.2 Å². The van der Waals surface area contributed by atoms with Gasteiger partial charge in [0.15, 0.2) is 0 Å². The fourth-order valence-electron chi connectivity index (χ4n) is 2.13. The van der Waals surface area contributed by atoms with Crippen molar-refractivity contribution >= 4 is 5.69 Å². The van der Waals surface area contributed by atoms with Gasteiger partial charge < -0.3 is 10.1 Å². The van der Waals surface area contributed by atoms with Gasteiger partial charge in [-0.25, -0.2) is 0 Å². The van der Waals surface area contributed by atoms with Gasteiger partial charge >= 0.3 is 5.69 Å². The van der Waals surface area contributed by atoms with E-state index < -0.39 is 4.92 Å². The molecule has 0 bridgehead atoms. The van der Waals surface area contributed by atoms with Crippen molar-refractivity contribution in [1.29, 1.82) is 0 Å². The van der Waals surface area contributed by atoms with Gasteiger partial charge in [-0.2, -0.15) is 0 Å². The molecule has 5 heteroatoms. The maximum Gasteiger partial charge on any atom is 0.311 e. The van der Waals surface area contributed by atoms with Crippen LogP contribution in [-0.2, 0) is 0 Å². The molecule has 86 valence electrons. The number of para-hydroxylation sites is 1. The molecule has 1 fully saturated rings. The number of nitro benzene ring substituents is 1. The average molecular weight is 222 g/mol. The first-order valence-electron chi connectivity index (χ1n) is 5.28. The zero-order valence-electron chi connectivity index (χ0n) is 9.10. The first-order valence-corrected chi connectivity index (χ1v) is 5.28. The molecule has 1 aliphatic heterocycles. The Bertz CT molecular complexity index is 400. The van der Waals surface area contributed by atoms with Gasteiger partial charge in [0.1, 0.15) is 0 Å². The van der Waals surface area contributed by atoms with E-state index in [1.54, 1.807) is 6.07 Å². The number of nitro groups is 1. The molecule has 1 N–H and O–H groups in total. The van der Waals surface area contributed by atoms with E-state index >= 15 is 0 Å². The molecule has 1 atom stereocenters. The van der Waals surface area contributed by atoms with Crippen LogP contribution in [0.3, 0.4) is 0 Å². The Balaban J connectivity index is 2.43. The fraction of sp³-hybridized carbons (Fsp3) is 0.455. The highest BCUT2D eigenvalue weighted by atomic mass is 16.6. The van der Waals surface area contributed by atoms with Crippen molar-refractivity contribution < 1.29 is 9.66 Å². The summed E-state index contributed by atoms with van der Waals surface area (Å²) in [6, 6.07) is 5.23. The zero-order chi connectivity index (χ0) is 11.5. The van der Waals surface area contributed by atoms with Crippen LogP contribution in [0.1, 0.15) is 24.4 Å². The second-order valence-corrected chi connectivity index (χ2v) is 3.81. The van der Waals surface area contributed by atoms with Gasteiger partial charge in [0.2, 0.25) is 5.75 Å². The van der Waals surface area contributed by atoms with Crippen molar-refractivity contribution in [2.75, 3.05) is 13.7 Å². The van der Waals surface area contributed by atoms with Crippen LogP contribution in [0.25, 0.3) is 0 Å². The van der Waals surface area contributed by atoms with Crippen molar-refractivity contribution in [2.24, 2.45) is 0 Å². The van der Waals surface area contributed by atoms with Crippen LogP contribution in [0.5, 0.6) is 5.75 Å². The predicted octanol–water partition coefficient (Wildman–Crippen LogP) is 2.03. The van der Waals surface area contributed by atoms with Crippen LogP contribution in [-0.4, -0.2) is 18.6 Å². The average Bonchev–Trinajstić information content (AvgIpc) is 2.81. The summed E-state index contributed by atoms with van der Waals surface area (Å²) in [5.41, 5.74) is 0.919. The standard InChI is InChI=1S/C11H14N2O3/c1-16-11-8(9-5-3-7-12-9)4-2-6-10(11)13(14)15/h2,4,6,9,12H,3,5,7H2,1H3. The molecule has 0 amide bonds. The lowest BCUT2D eigenvalue weighted by atomic mass is 10.0. The lowest BCUT2D eigenvalue weighted by Crippen LogP contribution is -2.14. The summed E-state index contributed by atoms with van der Waals surface area (Å²) >= 11 is 0. The topological polar surface area (TPSA) is 64.4 Å². The number of ether oxygens (including phenoxy) is 1. The Morgan fingerprint density at radius 3 is 2.94 bits per heavy atom. The third kappa shape index (κ3) is 1.86. The molecule has 1 aromatic carbocycles. The summed E-state index contributed by atoms with van der Waals surface area (Å²) < 4.78 is 5.17. The van der Waals surface area contributed by atoms with Gasteiger partial charge in [0, 0.05) is 17.7 Å². The number of nitrogens with zero attached hydrogens (tertiary/aromatic N) is 1. The molecule has 16 heavy (non-hydrogen) atoms. The number of rotatable bonds is 3. The highest BCUT2D eigenvalue weighted by molar-refractivity contribution is 5.53. The van der Waals surface area contributed by atoms with Gasteiger partial charge in [-0.3, -0.25) is 10.1 Å². The third-order valence-electron chi connectivity index (χ3n) is 2.86. The van der Waals surface area contributed by atoms with Crippen LogP contribution in [0.15, 0.2) is 18.2 Å². The minimum atomic E-state index is -0.405. The van der Waals surface area contributed by atoms with Crippen molar-refractivity contribution in [3.63, 3.8) is 0 Å². The van der Waals surface area contributed by atoms with E-state index in [2.05, 4.69) is 5.32 Å². The summed E-state index contributed by atoms with van der Waals surface area (Å²) in [6.45, 7) is 0.955. The quantitative estimate of drug-likeness (QED) is 0.627. The van der Waals surface area contributed by atoms with Crippen LogP contribution in [0.4, 0.5) is 5.69 Å². The number of nitrogens with one attached hydrogen (secondary N) is 1. The molecule has 0 aromatic heterocycles. The lowest BCUT2D eigenvalue weighted by molar-refractivity contribution is -0.385. The van der Waals surface area contributed by atoms with Crippen molar-refractivity contribution in [2.45, 2.75) is 18.9 Å². The van der Waals surface area contributed by atoms with Gasteiger partial charge in [0.05, 0.1) is 12.0 Å². The fourth-order valence-corrected chi connectivity index (χ4v) is 2.13. The molecule has 1 heterocycles. The molecule has 1 aliphatic rings. The minimum Gasteiger partial charge on any atom is -0.490 e. The largest absolute Gasteiger partial charge is 0.490 e. The number of benzene rings is 1. The van der Waals surface area contributed by atoms with Crippen molar-refractivity contribution in [1.82, 2.24) is 5.32 Å². The molecule has 0 spiro atoms. The Kier molecular flexibility index (Phi) is 3.05. The molecule has 1 aromatic rings. The van der Waals surface area contributed by atoms with Gasteiger partial charge in [0.25, 0.3) is 0 Å². The van der Waals surface area contributed by atoms with Crippen LogP contribution >= 0.6 is 0 Å². The van der Waals surface area contributed by atoms with E-state index in [0.717, 1.165) is 24.9 Å². The molecular formula is C11H14N2O3. The van der Waals surface area contributed by atoms with E-state index in [-0.39, 0.29) is 11.7 Å². The monoisotopic (exact) mass is 222 g/mol. The number of hydrogen-bond acceptors (Lipinski definition) is 4.